The first-order valence-electron chi connectivity index (χ1n) is 10.0. The van der Waals surface area contributed by atoms with Crippen molar-refractivity contribution in [1.29, 1.82) is 0 Å². The van der Waals surface area contributed by atoms with Crippen molar-refractivity contribution in [2.24, 2.45) is 5.10 Å². The molecule has 174 valence electrons. The van der Waals surface area contributed by atoms with Gasteiger partial charge in [-0.1, -0.05) is 28.9 Å². The van der Waals surface area contributed by atoms with Gasteiger partial charge in [-0.15, -0.1) is 16.9 Å². The van der Waals surface area contributed by atoms with Crippen LogP contribution in [0, 0.1) is 0 Å². The number of nitrogen functional groups attached to an aromatic ring is 1. The van der Waals surface area contributed by atoms with Crippen LogP contribution < -0.4 is 15.9 Å². The summed E-state index contributed by atoms with van der Waals surface area (Å²) in [6.07, 6.45) is 1.50. The van der Waals surface area contributed by atoms with Crippen LogP contribution in [0.25, 0.3) is 5.82 Å². The third-order valence-corrected chi connectivity index (χ3v) is 5.73. The number of nitrogens with zero attached hydrogens (tertiary/aromatic N) is 6. The summed E-state index contributed by atoms with van der Waals surface area (Å²) in [6.45, 7) is 2.40. The monoisotopic (exact) mass is 498 g/mol. The van der Waals surface area contributed by atoms with E-state index < -0.39 is 5.91 Å². The molecule has 0 saturated carbocycles. The molecule has 13 heteroatoms. The number of amides is 1. The molecule has 2 aromatic carbocycles. The molecular weight excluding hydrogens is 480 g/mol. The summed E-state index contributed by atoms with van der Waals surface area (Å²) in [5.41, 5.74) is 9.50. The number of halogens is 1. The van der Waals surface area contributed by atoms with Gasteiger partial charge in [-0.3, -0.25) is 4.79 Å². The molecule has 0 atom stereocenters. The number of hydrazone groups is 1. The van der Waals surface area contributed by atoms with Crippen molar-refractivity contribution < 1.29 is 14.2 Å². The van der Waals surface area contributed by atoms with Crippen molar-refractivity contribution in [2.75, 3.05) is 12.3 Å². The fraction of sp³-hybridized carbons (Fsp3) is 0.143. The highest BCUT2D eigenvalue weighted by Gasteiger charge is 2.24. The minimum absolute atomic E-state index is 0.0140. The van der Waals surface area contributed by atoms with Crippen LogP contribution >= 0.6 is 23.4 Å². The molecule has 0 bridgehead atoms. The quantitative estimate of drug-likeness (QED) is 0.201. The lowest BCUT2D eigenvalue weighted by Gasteiger charge is -2.07. The molecule has 1 amide bonds. The Balaban J connectivity index is 1.57. The van der Waals surface area contributed by atoms with Crippen molar-refractivity contribution in [1.82, 2.24) is 30.7 Å². The number of hydrogen-bond acceptors (Lipinski definition) is 10. The van der Waals surface area contributed by atoms with E-state index >= 15 is 0 Å². The van der Waals surface area contributed by atoms with Gasteiger partial charge in [0.25, 0.3) is 5.91 Å². The topological polar surface area (TPSA) is 146 Å². The van der Waals surface area contributed by atoms with Crippen LogP contribution in [0.1, 0.15) is 28.7 Å². The van der Waals surface area contributed by atoms with Gasteiger partial charge >= 0.3 is 0 Å². The first kappa shape index (κ1) is 23.3. The highest BCUT2D eigenvalue weighted by molar-refractivity contribution is 7.98. The minimum Gasteiger partial charge on any atom is -0.493 e. The van der Waals surface area contributed by atoms with Gasteiger partial charge in [0, 0.05) is 21.2 Å². The van der Waals surface area contributed by atoms with E-state index in [1.54, 1.807) is 12.1 Å². The van der Waals surface area contributed by atoms with Gasteiger partial charge in [0.05, 0.1) is 18.5 Å². The van der Waals surface area contributed by atoms with Crippen molar-refractivity contribution in [3.63, 3.8) is 0 Å². The third-order valence-electron chi connectivity index (χ3n) is 4.45. The van der Waals surface area contributed by atoms with Crippen LogP contribution in [-0.2, 0) is 5.75 Å². The number of thioether (sulfide) groups is 1. The number of rotatable bonds is 9. The Morgan fingerprint density at radius 3 is 2.79 bits per heavy atom. The normalized spacial score (nSPS) is 11.1. The van der Waals surface area contributed by atoms with Gasteiger partial charge in [-0.2, -0.15) is 9.78 Å². The Morgan fingerprint density at radius 1 is 1.26 bits per heavy atom. The van der Waals surface area contributed by atoms with Gasteiger partial charge in [-0.05, 0) is 53.6 Å². The number of hydrogen-bond donors (Lipinski definition) is 2. The number of carbonyl (C=O) groups excluding carboxylic acids is 1. The summed E-state index contributed by atoms with van der Waals surface area (Å²) in [5.74, 6) is 0.564. The largest absolute Gasteiger partial charge is 0.493 e. The molecule has 3 N–H and O–H groups in total. The zero-order valence-corrected chi connectivity index (χ0v) is 19.5. The first-order chi connectivity index (χ1) is 16.6. The molecule has 0 saturated heterocycles. The Labute approximate surface area is 203 Å². The fourth-order valence-corrected chi connectivity index (χ4v) is 3.90. The summed E-state index contributed by atoms with van der Waals surface area (Å²) in [6, 6.07) is 14.6. The molecule has 2 aromatic heterocycles. The minimum atomic E-state index is -0.557. The van der Waals surface area contributed by atoms with Crippen molar-refractivity contribution >= 4 is 41.3 Å². The molecular formula is C21H19ClN8O3S. The van der Waals surface area contributed by atoms with Crippen LogP contribution in [0.3, 0.4) is 0 Å². The van der Waals surface area contributed by atoms with Crippen LogP contribution in [-0.4, -0.2) is 44.0 Å². The third kappa shape index (κ3) is 5.35. The Kier molecular flexibility index (Phi) is 7.40. The van der Waals surface area contributed by atoms with Gasteiger partial charge in [0.2, 0.25) is 11.6 Å². The highest BCUT2D eigenvalue weighted by Crippen LogP contribution is 2.27. The molecule has 0 spiro atoms. The number of ether oxygens (including phenoxy) is 1. The zero-order valence-electron chi connectivity index (χ0n) is 17.9. The predicted molar refractivity (Wildman–Crippen MR) is 127 cm³/mol. The SMILES string of the molecule is CCOc1ccccc1/C=N\NC(=O)c1nnn(-c2nonc2N)c1CSc1ccc(Cl)cc1. The summed E-state index contributed by atoms with van der Waals surface area (Å²) < 4.78 is 11.6. The second-order valence-corrected chi connectivity index (χ2v) is 8.17. The van der Waals surface area contributed by atoms with Crippen LogP contribution in [0.4, 0.5) is 5.82 Å². The fourth-order valence-electron chi connectivity index (χ4n) is 2.89. The molecule has 0 radical (unpaired) electrons. The van der Waals surface area contributed by atoms with E-state index in [4.69, 9.17) is 22.1 Å². The molecule has 34 heavy (non-hydrogen) atoms. The summed E-state index contributed by atoms with van der Waals surface area (Å²) in [5, 5.41) is 20.0. The second-order valence-electron chi connectivity index (χ2n) is 6.68. The van der Waals surface area contributed by atoms with Gasteiger partial charge in [-0.25, -0.2) is 10.1 Å². The number of para-hydroxylation sites is 1. The maximum atomic E-state index is 12.9. The molecule has 0 unspecified atom stereocenters. The summed E-state index contributed by atoms with van der Waals surface area (Å²) in [7, 11) is 0. The molecule has 4 rings (SSSR count). The molecule has 0 aliphatic rings. The van der Waals surface area contributed by atoms with E-state index in [2.05, 4.69) is 35.8 Å². The van der Waals surface area contributed by atoms with Crippen molar-refractivity contribution in [2.45, 2.75) is 17.6 Å². The molecule has 0 aliphatic carbocycles. The number of benzene rings is 2. The van der Waals surface area contributed by atoms with E-state index in [1.807, 2.05) is 43.3 Å². The predicted octanol–water partition coefficient (Wildman–Crippen LogP) is 3.34. The second kappa shape index (κ2) is 10.8. The lowest BCUT2D eigenvalue weighted by atomic mass is 10.2. The molecule has 2 heterocycles. The first-order valence-corrected chi connectivity index (χ1v) is 11.4. The smallest absolute Gasteiger partial charge is 0.293 e. The highest BCUT2D eigenvalue weighted by atomic mass is 35.5. The average Bonchev–Trinajstić information content (AvgIpc) is 3.45. The lowest BCUT2D eigenvalue weighted by Crippen LogP contribution is -2.20. The zero-order chi connectivity index (χ0) is 23.9. The standard InChI is InChI=1S/C21H19ClN8O3S/c1-2-32-17-6-4-3-5-13(17)11-24-26-21(31)18-16(12-34-15-9-7-14(22)8-10-15)30(29-25-18)20-19(23)27-33-28-20/h3-11H,2,12H2,1H3,(H2,23,27)(H,26,31)/b24-11-. The lowest BCUT2D eigenvalue weighted by molar-refractivity contribution is 0.0949. The van der Waals surface area contributed by atoms with E-state index in [0.29, 0.717) is 34.4 Å². The maximum absolute atomic E-state index is 12.9. The van der Waals surface area contributed by atoms with E-state index in [-0.39, 0.29) is 17.3 Å². The molecule has 11 nitrogen and oxygen atoms in total. The Hall–Kier alpha value is -3.90. The number of nitrogens with two attached hydrogens (primary N) is 1. The van der Waals surface area contributed by atoms with Gasteiger partial charge in [0.1, 0.15) is 5.75 Å². The number of nitrogens with one attached hydrogen (secondary N) is 1. The van der Waals surface area contributed by atoms with Crippen LogP contribution in [0.2, 0.25) is 5.02 Å². The Morgan fingerprint density at radius 2 is 2.06 bits per heavy atom. The van der Waals surface area contributed by atoms with Crippen LogP contribution in [0.5, 0.6) is 5.75 Å². The summed E-state index contributed by atoms with van der Waals surface area (Å²) >= 11 is 7.41. The average molecular weight is 499 g/mol. The van der Waals surface area contributed by atoms with Crippen molar-refractivity contribution in [3.8, 4) is 11.6 Å². The molecule has 0 fully saturated rings. The number of aromatic nitrogens is 5. The molecule has 0 aliphatic heterocycles. The maximum Gasteiger partial charge on any atom is 0.293 e. The van der Waals surface area contributed by atoms with Crippen molar-refractivity contribution in [3.05, 3.63) is 70.5 Å². The van der Waals surface area contributed by atoms with E-state index in [1.165, 1.54) is 22.7 Å². The van der Waals surface area contributed by atoms with E-state index in [0.717, 1.165) is 4.90 Å². The van der Waals surface area contributed by atoms with Crippen LogP contribution in [0.15, 0.2) is 63.2 Å². The number of anilines is 1. The molecule has 4 aromatic rings. The summed E-state index contributed by atoms with van der Waals surface area (Å²) in [4.78, 5) is 13.8. The van der Waals surface area contributed by atoms with Gasteiger partial charge < -0.3 is 10.5 Å². The van der Waals surface area contributed by atoms with E-state index in [9.17, 15) is 4.79 Å². The van der Waals surface area contributed by atoms with Gasteiger partial charge in [0.15, 0.2) is 5.69 Å². The Bertz CT molecular complexity index is 1310. The number of carbonyl (C=O) groups is 1.